The summed E-state index contributed by atoms with van der Waals surface area (Å²) in [5, 5.41) is 2.77. The Morgan fingerprint density at radius 2 is 2.05 bits per heavy atom. The molecule has 0 atom stereocenters. The summed E-state index contributed by atoms with van der Waals surface area (Å²) in [6.07, 6.45) is 0. The summed E-state index contributed by atoms with van der Waals surface area (Å²) in [6.45, 7) is 0.0508. The maximum atomic E-state index is 11.3. The number of ether oxygens (including phenoxy) is 1. The van der Waals surface area contributed by atoms with E-state index < -0.39 is 0 Å². The number of rotatable bonds is 1. The van der Waals surface area contributed by atoms with Crippen LogP contribution in [0.4, 0.5) is 5.69 Å². The number of amides is 1. The second-order valence-electron chi connectivity index (χ2n) is 4.53. The molecule has 0 aliphatic carbocycles. The van der Waals surface area contributed by atoms with E-state index in [2.05, 4.69) is 10.3 Å². The van der Waals surface area contributed by atoms with E-state index in [0.717, 1.165) is 16.7 Å². The Kier molecular flexibility index (Phi) is 2.26. The summed E-state index contributed by atoms with van der Waals surface area (Å²) < 4.78 is 11.0. The number of para-hydroxylation sites is 2. The predicted molar refractivity (Wildman–Crippen MR) is 73.6 cm³/mol. The third-order valence-electron chi connectivity index (χ3n) is 3.15. The number of nitrogens with zero attached hydrogens (tertiary/aromatic N) is 1. The molecule has 1 N–H and O–H groups in total. The molecule has 2 aromatic carbocycles. The molecular formula is C15H10N2O3. The molecule has 0 fully saturated rings. The number of anilines is 1. The van der Waals surface area contributed by atoms with Gasteiger partial charge in [0.15, 0.2) is 12.2 Å². The Morgan fingerprint density at radius 3 is 2.95 bits per heavy atom. The fourth-order valence-electron chi connectivity index (χ4n) is 2.21. The lowest BCUT2D eigenvalue weighted by Crippen LogP contribution is -2.25. The van der Waals surface area contributed by atoms with Crippen LogP contribution in [0.1, 0.15) is 0 Å². The maximum Gasteiger partial charge on any atom is 0.262 e. The Morgan fingerprint density at radius 1 is 1.15 bits per heavy atom. The second-order valence-corrected chi connectivity index (χ2v) is 4.53. The van der Waals surface area contributed by atoms with E-state index in [4.69, 9.17) is 9.15 Å². The lowest BCUT2D eigenvalue weighted by Gasteiger charge is -2.17. The van der Waals surface area contributed by atoms with Crippen LogP contribution in [-0.4, -0.2) is 17.5 Å². The van der Waals surface area contributed by atoms with E-state index in [-0.39, 0.29) is 12.5 Å². The van der Waals surface area contributed by atoms with Gasteiger partial charge in [-0.1, -0.05) is 12.1 Å². The van der Waals surface area contributed by atoms with Gasteiger partial charge in [-0.3, -0.25) is 4.79 Å². The highest BCUT2D eigenvalue weighted by atomic mass is 16.5. The van der Waals surface area contributed by atoms with Crippen LogP contribution in [-0.2, 0) is 4.79 Å². The molecule has 2 heterocycles. The van der Waals surface area contributed by atoms with Crippen LogP contribution in [0.25, 0.3) is 22.6 Å². The molecule has 1 aliphatic rings. The molecular weight excluding hydrogens is 256 g/mol. The molecule has 0 saturated heterocycles. The van der Waals surface area contributed by atoms with E-state index in [1.54, 1.807) is 12.1 Å². The van der Waals surface area contributed by atoms with E-state index >= 15 is 0 Å². The molecule has 98 valence electrons. The number of carbonyl (C=O) groups is 1. The van der Waals surface area contributed by atoms with Gasteiger partial charge in [0.2, 0.25) is 5.89 Å². The molecule has 1 aliphatic heterocycles. The maximum absolute atomic E-state index is 11.3. The quantitative estimate of drug-likeness (QED) is 0.735. The number of hydrogen-bond donors (Lipinski definition) is 1. The summed E-state index contributed by atoms with van der Waals surface area (Å²) in [5.41, 5.74) is 2.98. The van der Waals surface area contributed by atoms with Crippen LogP contribution in [0.3, 0.4) is 0 Å². The third-order valence-corrected chi connectivity index (χ3v) is 3.15. The van der Waals surface area contributed by atoms with Crippen molar-refractivity contribution in [3.63, 3.8) is 0 Å². The van der Waals surface area contributed by atoms with E-state index in [1.807, 2.05) is 30.3 Å². The average molecular weight is 266 g/mol. The van der Waals surface area contributed by atoms with Crippen LogP contribution in [0.5, 0.6) is 5.75 Å². The Hall–Kier alpha value is -2.82. The lowest BCUT2D eigenvalue weighted by molar-refractivity contribution is -0.118. The zero-order valence-corrected chi connectivity index (χ0v) is 10.4. The van der Waals surface area contributed by atoms with E-state index in [0.29, 0.717) is 17.3 Å². The number of hydrogen-bond acceptors (Lipinski definition) is 4. The number of nitrogens with one attached hydrogen (secondary N) is 1. The van der Waals surface area contributed by atoms with E-state index in [1.165, 1.54) is 0 Å². The van der Waals surface area contributed by atoms with Crippen molar-refractivity contribution in [3.8, 4) is 17.2 Å². The molecule has 0 radical (unpaired) electrons. The summed E-state index contributed by atoms with van der Waals surface area (Å²) in [4.78, 5) is 15.8. The molecule has 5 nitrogen and oxygen atoms in total. The standard InChI is InChI=1S/C15H10N2O3/c18-14-8-19-12-6-5-9(7-11(12)16-14)15-17-10-3-1-2-4-13(10)20-15/h1-7H,8H2,(H,16,18). The summed E-state index contributed by atoms with van der Waals surface area (Å²) in [7, 11) is 0. The third kappa shape index (κ3) is 1.72. The Balaban J connectivity index is 1.82. The fraction of sp³-hybridized carbons (Fsp3) is 0.0667. The van der Waals surface area contributed by atoms with Gasteiger partial charge >= 0.3 is 0 Å². The van der Waals surface area contributed by atoms with Gasteiger partial charge in [0.1, 0.15) is 11.3 Å². The van der Waals surface area contributed by atoms with Crippen molar-refractivity contribution in [2.45, 2.75) is 0 Å². The van der Waals surface area contributed by atoms with Gasteiger partial charge in [-0.2, -0.15) is 0 Å². The van der Waals surface area contributed by atoms with Gasteiger partial charge in [-0.25, -0.2) is 4.98 Å². The SMILES string of the molecule is O=C1COc2ccc(-c3nc4ccccc4o3)cc2N1. The van der Waals surface area contributed by atoms with Crippen molar-refractivity contribution in [1.82, 2.24) is 4.98 Å². The number of oxazole rings is 1. The molecule has 0 bridgehead atoms. The van der Waals surface area contributed by atoms with Gasteiger partial charge in [0.25, 0.3) is 5.91 Å². The van der Waals surface area contributed by atoms with Crippen LogP contribution in [0.15, 0.2) is 46.9 Å². The van der Waals surface area contributed by atoms with Crippen molar-refractivity contribution in [2.24, 2.45) is 0 Å². The molecule has 3 aromatic rings. The number of benzene rings is 2. The highest BCUT2D eigenvalue weighted by Crippen LogP contribution is 2.33. The van der Waals surface area contributed by atoms with Crippen molar-refractivity contribution in [3.05, 3.63) is 42.5 Å². The topological polar surface area (TPSA) is 64.4 Å². The van der Waals surface area contributed by atoms with E-state index in [9.17, 15) is 4.79 Å². The predicted octanol–water partition coefficient (Wildman–Crippen LogP) is 2.83. The van der Waals surface area contributed by atoms with Crippen molar-refractivity contribution in [2.75, 3.05) is 11.9 Å². The molecule has 1 amide bonds. The average Bonchev–Trinajstić information content (AvgIpc) is 2.90. The molecule has 4 rings (SSSR count). The largest absolute Gasteiger partial charge is 0.482 e. The highest BCUT2D eigenvalue weighted by Gasteiger charge is 2.17. The minimum absolute atomic E-state index is 0.0508. The molecule has 0 saturated carbocycles. The van der Waals surface area contributed by atoms with Crippen LogP contribution in [0.2, 0.25) is 0 Å². The normalized spacial score (nSPS) is 13.7. The zero-order valence-electron chi connectivity index (χ0n) is 10.4. The summed E-state index contributed by atoms with van der Waals surface area (Å²) in [6, 6.07) is 13.0. The first-order valence-electron chi connectivity index (χ1n) is 6.22. The monoisotopic (exact) mass is 266 g/mol. The van der Waals surface area contributed by atoms with Gasteiger partial charge < -0.3 is 14.5 Å². The van der Waals surface area contributed by atoms with Crippen molar-refractivity contribution >= 4 is 22.7 Å². The van der Waals surface area contributed by atoms with Gasteiger partial charge in [-0.05, 0) is 30.3 Å². The smallest absolute Gasteiger partial charge is 0.262 e. The minimum Gasteiger partial charge on any atom is -0.482 e. The van der Waals surface area contributed by atoms with Gasteiger partial charge in [-0.15, -0.1) is 0 Å². The van der Waals surface area contributed by atoms with Crippen LogP contribution >= 0.6 is 0 Å². The molecule has 0 spiro atoms. The van der Waals surface area contributed by atoms with Gasteiger partial charge in [0, 0.05) is 5.56 Å². The molecule has 20 heavy (non-hydrogen) atoms. The second kappa shape index (κ2) is 4.09. The molecule has 0 unspecified atom stereocenters. The Labute approximate surface area is 114 Å². The van der Waals surface area contributed by atoms with Crippen molar-refractivity contribution in [1.29, 1.82) is 0 Å². The van der Waals surface area contributed by atoms with Crippen molar-refractivity contribution < 1.29 is 13.9 Å². The van der Waals surface area contributed by atoms with Gasteiger partial charge in [0.05, 0.1) is 5.69 Å². The first-order chi connectivity index (χ1) is 9.79. The Bertz CT molecular complexity index is 790. The number of fused-ring (bicyclic) bond motifs is 2. The fourth-order valence-corrected chi connectivity index (χ4v) is 2.21. The van der Waals surface area contributed by atoms with Crippen LogP contribution < -0.4 is 10.1 Å². The first kappa shape index (κ1) is 11.0. The molecule has 5 heteroatoms. The zero-order chi connectivity index (χ0) is 13.5. The van der Waals surface area contributed by atoms with Crippen LogP contribution in [0, 0.1) is 0 Å². The summed E-state index contributed by atoms with van der Waals surface area (Å²) >= 11 is 0. The highest BCUT2D eigenvalue weighted by molar-refractivity contribution is 5.96. The summed E-state index contributed by atoms with van der Waals surface area (Å²) in [5.74, 6) is 1.02. The molecule has 1 aromatic heterocycles. The number of carbonyl (C=O) groups excluding carboxylic acids is 1. The minimum atomic E-state index is -0.160. The number of aromatic nitrogens is 1. The first-order valence-corrected chi connectivity index (χ1v) is 6.22. The lowest BCUT2D eigenvalue weighted by atomic mass is 10.1.